The second kappa shape index (κ2) is 5.05. The van der Waals surface area contributed by atoms with Gasteiger partial charge >= 0.3 is 0 Å². The van der Waals surface area contributed by atoms with E-state index in [1.54, 1.807) is 13.0 Å². The first kappa shape index (κ1) is 13.9. The molecule has 0 bridgehead atoms. The number of halogens is 1. The van der Waals surface area contributed by atoms with Crippen LogP contribution in [0, 0.1) is 17.1 Å². The third-order valence-electron chi connectivity index (χ3n) is 3.22. The third kappa shape index (κ3) is 2.04. The zero-order chi connectivity index (χ0) is 15.9. The van der Waals surface area contributed by atoms with Crippen LogP contribution in [-0.4, -0.2) is 19.7 Å². The lowest BCUT2D eigenvalue weighted by molar-refractivity contribution is 0.628. The Morgan fingerprint density at radius 2 is 2.27 bits per heavy atom. The monoisotopic (exact) mass is 298 g/mol. The van der Waals surface area contributed by atoms with Crippen molar-refractivity contribution in [3.8, 4) is 11.9 Å². The number of aromatic nitrogens is 4. The highest BCUT2D eigenvalue weighted by molar-refractivity contribution is 5.83. The van der Waals surface area contributed by atoms with Gasteiger partial charge in [0, 0.05) is 6.07 Å². The lowest BCUT2D eigenvalue weighted by atomic mass is 10.1. The molecular formula is C14H11FN6O. The van der Waals surface area contributed by atoms with Gasteiger partial charge in [0.15, 0.2) is 0 Å². The third-order valence-corrected chi connectivity index (χ3v) is 3.22. The summed E-state index contributed by atoms with van der Waals surface area (Å²) in [6.45, 7) is 1.66. The van der Waals surface area contributed by atoms with Crippen LogP contribution in [0.25, 0.3) is 16.7 Å². The Hall–Kier alpha value is -3.05. The normalized spacial score (nSPS) is 12.3. The van der Waals surface area contributed by atoms with Gasteiger partial charge < -0.3 is 5.73 Å². The predicted octanol–water partition coefficient (Wildman–Crippen LogP) is 1.14. The maximum atomic E-state index is 13.6. The first-order chi connectivity index (χ1) is 10.5. The highest BCUT2D eigenvalue weighted by Crippen LogP contribution is 2.19. The Balaban J connectivity index is 2.51. The van der Waals surface area contributed by atoms with Gasteiger partial charge in [0.05, 0.1) is 28.7 Å². The first-order valence-corrected chi connectivity index (χ1v) is 6.44. The molecule has 0 aliphatic heterocycles. The molecule has 1 aromatic carbocycles. The highest BCUT2D eigenvalue weighted by atomic mass is 19.1. The largest absolute Gasteiger partial charge is 0.322 e. The van der Waals surface area contributed by atoms with Crippen molar-refractivity contribution in [2.75, 3.05) is 0 Å². The van der Waals surface area contributed by atoms with E-state index in [-0.39, 0.29) is 22.3 Å². The van der Waals surface area contributed by atoms with Gasteiger partial charge in [0.25, 0.3) is 5.56 Å². The second-order valence-corrected chi connectivity index (χ2v) is 4.80. The SMILES string of the molecule is C[C@H](N)c1nc2c(C#N)cc(F)cc2c(=O)n1-c1ccn[nH]1. The standard InChI is InChI=1S/C14H11FN6O/c1-7(17)13-19-12-8(6-16)4-9(15)5-10(12)14(22)21(13)11-2-3-18-20-11/h2-5,7H,17H2,1H3,(H,18,20)/t7-/m0/s1. The van der Waals surface area contributed by atoms with Gasteiger partial charge in [-0.25, -0.2) is 13.9 Å². The summed E-state index contributed by atoms with van der Waals surface area (Å²) in [6.07, 6.45) is 1.48. The average Bonchev–Trinajstić information content (AvgIpc) is 3.00. The molecule has 1 atom stereocenters. The molecule has 0 radical (unpaired) electrons. The number of nitrogens with one attached hydrogen (secondary N) is 1. The number of rotatable bonds is 2. The summed E-state index contributed by atoms with van der Waals surface area (Å²) in [5, 5.41) is 15.6. The summed E-state index contributed by atoms with van der Waals surface area (Å²) in [7, 11) is 0. The van der Waals surface area contributed by atoms with Crippen LogP contribution in [0.1, 0.15) is 24.4 Å². The molecule has 0 amide bonds. The Labute approximate surface area is 123 Å². The van der Waals surface area contributed by atoms with Crippen molar-refractivity contribution in [2.24, 2.45) is 5.73 Å². The number of fused-ring (bicyclic) bond motifs is 1. The molecule has 7 nitrogen and oxygen atoms in total. The lowest BCUT2D eigenvalue weighted by Gasteiger charge is -2.14. The maximum absolute atomic E-state index is 13.6. The van der Waals surface area contributed by atoms with Crippen molar-refractivity contribution in [1.82, 2.24) is 19.7 Å². The maximum Gasteiger partial charge on any atom is 0.267 e. The molecular weight excluding hydrogens is 287 g/mol. The fourth-order valence-corrected chi connectivity index (χ4v) is 2.27. The van der Waals surface area contributed by atoms with E-state index < -0.39 is 17.4 Å². The van der Waals surface area contributed by atoms with Crippen LogP contribution < -0.4 is 11.3 Å². The number of aromatic amines is 1. The van der Waals surface area contributed by atoms with Crippen molar-refractivity contribution in [3.05, 3.63) is 52.0 Å². The van der Waals surface area contributed by atoms with Crippen molar-refractivity contribution in [3.63, 3.8) is 0 Å². The van der Waals surface area contributed by atoms with Crippen LogP contribution in [0.2, 0.25) is 0 Å². The molecule has 3 N–H and O–H groups in total. The Kier molecular flexibility index (Phi) is 3.19. The van der Waals surface area contributed by atoms with E-state index in [1.807, 2.05) is 6.07 Å². The summed E-state index contributed by atoms with van der Waals surface area (Å²) in [6, 6.07) is 4.95. The molecule has 3 rings (SSSR count). The van der Waals surface area contributed by atoms with E-state index in [0.717, 1.165) is 12.1 Å². The highest BCUT2D eigenvalue weighted by Gasteiger charge is 2.19. The molecule has 0 saturated carbocycles. The molecule has 2 heterocycles. The minimum absolute atomic E-state index is 0.00855. The quantitative estimate of drug-likeness (QED) is 0.736. The van der Waals surface area contributed by atoms with Crippen LogP contribution in [-0.2, 0) is 0 Å². The van der Waals surface area contributed by atoms with Gasteiger partial charge in [-0.2, -0.15) is 10.4 Å². The van der Waals surface area contributed by atoms with E-state index in [2.05, 4.69) is 15.2 Å². The fourth-order valence-electron chi connectivity index (χ4n) is 2.27. The number of hydrogen-bond donors (Lipinski definition) is 2. The molecule has 0 spiro atoms. The van der Waals surface area contributed by atoms with E-state index in [1.165, 1.54) is 10.8 Å². The smallest absolute Gasteiger partial charge is 0.267 e. The van der Waals surface area contributed by atoms with Gasteiger partial charge in [-0.05, 0) is 19.1 Å². The number of hydrogen-bond acceptors (Lipinski definition) is 5. The van der Waals surface area contributed by atoms with Gasteiger partial charge in [-0.15, -0.1) is 0 Å². The van der Waals surface area contributed by atoms with Crippen LogP contribution in [0.15, 0.2) is 29.2 Å². The summed E-state index contributed by atoms with van der Waals surface area (Å²) < 4.78 is 14.9. The van der Waals surface area contributed by atoms with Crippen molar-refractivity contribution >= 4 is 10.9 Å². The summed E-state index contributed by atoms with van der Waals surface area (Å²) in [5.41, 5.74) is 5.50. The van der Waals surface area contributed by atoms with Gasteiger partial charge in [0.1, 0.15) is 23.5 Å². The molecule has 3 aromatic rings. The number of benzene rings is 1. The number of nitrogens with two attached hydrogens (primary N) is 1. The minimum atomic E-state index is -0.673. The number of nitrogens with zero attached hydrogens (tertiary/aromatic N) is 4. The van der Waals surface area contributed by atoms with E-state index in [0.29, 0.717) is 5.82 Å². The first-order valence-electron chi connectivity index (χ1n) is 6.44. The van der Waals surface area contributed by atoms with E-state index in [4.69, 9.17) is 11.0 Å². The lowest BCUT2D eigenvalue weighted by Crippen LogP contribution is -2.28. The molecule has 110 valence electrons. The molecule has 0 saturated heterocycles. The van der Waals surface area contributed by atoms with Crippen LogP contribution in [0.3, 0.4) is 0 Å². The van der Waals surface area contributed by atoms with Gasteiger partial charge in [-0.3, -0.25) is 9.89 Å². The minimum Gasteiger partial charge on any atom is -0.322 e. The topological polar surface area (TPSA) is 113 Å². The van der Waals surface area contributed by atoms with Crippen LogP contribution in [0.4, 0.5) is 4.39 Å². The molecule has 0 fully saturated rings. The van der Waals surface area contributed by atoms with Crippen molar-refractivity contribution < 1.29 is 4.39 Å². The summed E-state index contributed by atoms with van der Waals surface area (Å²) in [4.78, 5) is 17.0. The molecule has 0 aliphatic rings. The molecule has 0 aliphatic carbocycles. The molecule has 8 heteroatoms. The van der Waals surface area contributed by atoms with Crippen LogP contribution >= 0.6 is 0 Å². The Morgan fingerprint density at radius 1 is 1.50 bits per heavy atom. The Bertz CT molecular complexity index is 952. The fraction of sp³-hybridized carbons (Fsp3) is 0.143. The number of nitriles is 1. The van der Waals surface area contributed by atoms with E-state index >= 15 is 0 Å². The van der Waals surface area contributed by atoms with Crippen molar-refractivity contribution in [2.45, 2.75) is 13.0 Å². The summed E-state index contributed by atoms with van der Waals surface area (Å²) in [5.74, 6) is -0.0491. The average molecular weight is 298 g/mol. The molecule has 0 unspecified atom stereocenters. The van der Waals surface area contributed by atoms with Gasteiger partial charge in [-0.1, -0.05) is 0 Å². The van der Waals surface area contributed by atoms with Crippen LogP contribution in [0.5, 0.6) is 0 Å². The predicted molar refractivity (Wildman–Crippen MR) is 76.8 cm³/mol. The van der Waals surface area contributed by atoms with Crippen molar-refractivity contribution in [1.29, 1.82) is 5.26 Å². The molecule has 2 aromatic heterocycles. The molecule has 22 heavy (non-hydrogen) atoms. The zero-order valence-electron chi connectivity index (χ0n) is 11.5. The summed E-state index contributed by atoms with van der Waals surface area (Å²) >= 11 is 0. The number of H-pyrrole nitrogens is 1. The van der Waals surface area contributed by atoms with E-state index in [9.17, 15) is 9.18 Å². The second-order valence-electron chi connectivity index (χ2n) is 4.80. The zero-order valence-corrected chi connectivity index (χ0v) is 11.5. The Morgan fingerprint density at radius 3 is 2.86 bits per heavy atom. The van der Waals surface area contributed by atoms with Gasteiger partial charge in [0.2, 0.25) is 0 Å².